The SMILES string of the molecule is CNC(C(=O)NC(C(=O)N(C)C(C=C(C)C(=O)NS(=O)(=O)c1ccc(C(N)=O)cc1[N+](=O)[O-])C(C)C)C(C)(C)C)C(C)(C)c1ccccc1. The normalized spacial score (nSPS) is 14.4. The van der Waals surface area contributed by atoms with Crippen molar-refractivity contribution in [3.8, 4) is 0 Å². The molecule has 2 aromatic carbocycles. The number of hydrogen-bond acceptors (Lipinski definition) is 9. The number of nitro groups is 1. The number of nitrogens with zero attached hydrogens (tertiary/aromatic N) is 2. The average Bonchev–Trinajstić information content (AvgIpc) is 3.00. The summed E-state index contributed by atoms with van der Waals surface area (Å²) in [5.41, 5.74) is 3.40. The van der Waals surface area contributed by atoms with Gasteiger partial charge in [0.2, 0.25) is 17.7 Å². The Morgan fingerprint density at radius 3 is 2.02 bits per heavy atom. The predicted molar refractivity (Wildman–Crippen MR) is 186 cm³/mol. The van der Waals surface area contributed by atoms with Gasteiger partial charge in [-0.05, 0) is 43.0 Å². The first-order chi connectivity index (χ1) is 22.5. The summed E-state index contributed by atoms with van der Waals surface area (Å²) in [5.74, 6) is -3.17. The van der Waals surface area contributed by atoms with E-state index in [-0.39, 0.29) is 23.0 Å². The van der Waals surface area contributed by atoms with E-state index in [1.807, 2.05) is 69.7 Å². The van der Waals surface area contributed by atoms with E-state index < -0.39 is 72.2 Å². The second-order valence-electron chi connectivity index (χ2n) is 13.9. The summed E-state index contributed by atoms with van der Waals surface area (Å²) in [6, 6.07) is 9.65. The van der Waals surface area contributed by atoms with Gasteiger partial charge in [-0.2, -0.15) is 0 Å². The summed E-state index contributed by atoms with van der Waals surface area (Å²) < 4.78 is 28.0. The number of carbonyl (C=O) groups is 4. The number of sulfonamides is 1. The summed E-state index contributed by atoms with van der Waals surface area (Å²) in [5, 5.41) is 17.6. The molecule has 0 fully saturated rings. The number of carbonyl (C=O) groups excluding carboxylic acids is 4. The molecule has 0 aromatic heterocycles. The fourth-order valence-electron chi connectivity index (χ4n) is 5.46. The highest BCUT2D eigenvalue weighted by molar-refractivity contribution is 7.90. The molecule has 3 unspecified atom stereocenters. The summed E-state index contributed by atoms with van der Waals surface area (Å²) in [6.45, 7) is 14.3. The summed E-state index contributed by atoms with van der Waals surface area (Å²) in [7, 11) is -1.56. The maximum absolute atomic E-state index is 14.1. The third-order valence-electron chi connectivity index (χ3n) is 8.40. The first kappa shape index (κ1) is 40.5. The topological polar surface area (TPSA) is 211 Å². The van der Waals surface area contributed by atoms with Crippen LogP contribution >= 0.6 is 0 Å². The van der Waals surface area contributed by atoms with Gasteiger partial charge in [0, 0.05) is 29.7 Å². The number of likely N-dealkylation sites (N-methyl/N-ethyl adjacent to an activating group) is 2. The fourth-order valence-corrected chi connectivity index (χ4v) is 6.63. The third kappa shape index (κ3) is 9.72. The monoisotopic (exact) mass is 700 g/mol. The number of nitrogens with two attached hydrogens (primary N) is 1. The van der Waals surface area contributed by atoms with E-state index in [1.54, 1.807) is 20.9 Å². The molecule has 4 amide bonds. The minimum Gasteiger partial charge on any atom is -0.366 e. The molecule has 49 heavy (non-hydrogen) atoms. The lowest BCUT2D eigenvalue weighted by Gasteiger charge is -2.40. The smallest absolute Gasteiger partial charge is 0.290 e. The molecule has 0 aliphatic carbocycles. The molecule has 0 aliphatic rings. The maximum atomic E-state index is 14.1. The van der Waals surface area contributed by atoms with Crippen molar-refractivity contribution in [3.05, 3.63) is 81.4 Å². The molecule has 0 aliphatic heterocycles. The maximum Gasteiger partial charge on any atom is 0.290 e. The minimum absolute atomic E-state index is 0.0884. The fraction of sp³-hybridized carbons (Fsp3) is 0.471. The quantitative estimate of drug-likeness (QED) is 0.129. The molecular weight excluding hydrogens is 652 g/mol. The van der Waals surface area contributed by atoms with Crippen molar-refractivity contribution in [1.29, 1.82) is 0 Å². The molecule has 5 N–H and O–H groups in total. The molecule has 0 saturated heterocycles. The zero-order valence-electron chi connectivity index (χ0n) is 29.7. The molecule has 15 heteroatoms. The van der Waals surface area contributed by atoms with E-state index >= 15 is 0 Å². The number of benzene rings is 2. The van der Waals surface area contributed by atoms with Crippen LogP contribution in [-0.4, -0.2) is 74.1 Å². The molecule has 0 radical (unpaired) electrons. The van der Waals surface area contributed by atoms with E-state index in [0.717, 1.165) is 17.7 Å². The molecule has 2 aromatic rings. The Bertz CT molecular complexity index is 1720. The Morgan fingerprint density at radius 1 is 0.980 bits per heavy atom. The molecular formula is C34H48N6O8S. The largest absolute Gasteiger partial charge is 0.366 e. The van der Waals surface area contributed by atoms with Crippen molar-refractivity contribution in [3.63, 3.8) is 0 Å². The van der Waals surface area contributed by atoms with E-state index in [4.69, 9.17) is 5.73 Å². The van der Waals surface area contributed by atoms with Gasteiger partial charge in [0.1, 0.15) is 6.04 Å². The number of primary amides is 1. The molecule has 14 nitrogen and oxygen atoms in total. The highest BCUT2D eigenvalue weighted by atomic mass is 32.2. The third-order valence-corrected chi connectivity index (χ3v) is 9.78. The molecule has 0 saturated carbocycles. The van der Waals surface area contributed by atoms with Crippen LogP contribution in [-0.2, 0) is 29.8 Å². The summed E-state index contributed by atoms with van der Waals surface area (Å²) in [6.07, 6.45) is 1.43. The van der Waals surface area contributed by atoms with Gasteiger partial charge in [0.05, 0.1) is 17.0 Å². The van der Waals surface area contributed by atoms with E-state index in [0.29, 0.717) is 6.07 Å². The van der Waals surface area contributed by atoms with Crippen molar-refractivity contribution in [2.75, 3.05) is 14.1 Å². The van der Waals surface area contributed by atoms with E-state index in [1.165, 1.54) is 24.9 Å². The predicted octanol–water partition coefficient (Wildman–Crippen LogP) is 3.02. The lowest BCUT2D eigenvalue weighted by Crippen LogP contribution is -2.61. The number of amides is 4. The second-order valence-corrected chi connectivity index (χ2v) is 15.5. The van der Waals surface area contributed by atoms with Crippen LogP contribution in [0.5, 0.6) is 0 Å². The van der Waals surface area contributed by atoms with Gasteiger partial charge in [0.25, 0.3) is 21.6 Å². The van der Waals surface area contributed by atoms with Crippen LogP contribution < -0.4 is 21.1 Å². The van der Waals surface area contributed by atoms with Crippen LogP contribution in [0.15, 0.2) is 65.1 Å². The first-order valence-corrected chi connectivity index (χ1v) is 17.1. The lowest BCUT2D eigenvalue weighted by molar-refractivity contribution is -0.387. The number of nitro benzene ring substituents is 1. The van der Waals surface area contributed by atoms with Gasteiger partial charge in [-0.1, -0.05) is 84.9 Å². The standard InChI is InChI=1S/C34H48N6O8S/c1-20(2)24(18-21(3)30(42)38-49(47,48)26-17-16-22(29(35)41)19-25(26)40(45)46)39(10)32(44)28(33(4,5)6)37-31(43)27(36-9)34(7,8)23-14-12-11-13-15-23/h11-20,24,27-28,36H,1-10H3,(H2,35,41)(H,37,43)(H,38,42). The zero-order chi connectivity index (χ0) is 37.6. The molecule has 0 bridgehead atoms. The Morgan fingerprint density at radius 2 is 1.55 bits per heavy atom. The van der Waals surface area contributed by atoms with Crippen LogP contribution in [0.4, 0.5) is 5.69 Å². The highest BCUT2D eigenvalue weighted by Gasteiger charge is 2.41. The first-order valence-electron chi connectivity index (χ1n) is 15.6. The van der Waals surface area contributed by atoms with Crippen molar-refractivity contribution in [1.82, 2.24) is 20.3 Å². The molecule has 2 rings (SSSR count). The van der Waals surface area contributed by atoms with Crippen LogP contribution in [0, 0.1) is 21.4 Å². The number of rotatable bonds is 14. The zero-order valence-corrected chi connectivity index (χ0v) is 30.5. The van der Waals surface area contributed by atoms with E-state index in [2.05, 4.69) is 10.6 Å². The average molecular weight is 701 g/mol. The van der Waals surface area contributed by atoms with Crippen molar-refractivity contribution in [2.24, 2.45) is 17.1 Å². The van der Waals surface area contributed by atoms with Gasteiger partial charge in [-0.3, -0.25) is 29.3 Å². The van der Waals surface area contributed by atoms with Gasteiger partial charge in [-0.15, -0.1) is 0 Å². The Balaban J connectivity index is 2.39. The molecule has 268 valence electrons. The second kappa shape index (κ2) is 15.7. The van der Waals surface area contributed by atoms with Crippen LogP contribution in [0.1, 0.15) is 71.3 Å². The van der Waals surface area contributed by atoms with Crippen LogP contribution in [0.2, 0.25) is 0 Å². The number of nitrogens with one attached hydrogen (secondary N) is 3. The summed E-state index contributed by atoms with van der Waals surface area (Å²) in [4.78, 5) is 63.6. The van der Waals surface area contributed by atoms with Gasteiger partial charge < -0.3 is 21.3 Å². The molecule has 3 atom stereocenters. The summed E-state index contributed by atoms with van der Waals surface area (Å²) >= 11 is 0. The lowest BCUT2D eigenvalue weighted by atomic mass is 9.76. The van der Waals surface area contributed by atoms with E-state index in [9.17, 15) is 37.7 Å². The van der Waals surface area contributed by atoms with Crippen LogP contribution in [0.25, 0.3) is 0 Å². The van der Waals surface area contributed by atoms with Gasteiger partial charge >= 0.3 is 0 Å². The van der Waals surface area contributed by atoms with Crippen molar-refractivity contribution in [2.45, 2.75) is 83.8 Å². The molecule has 0 heterocycles. The Hall–Kier alpha value is -4.63. The Labute approximate surface area is 288 Å². The Kier molecular flexibility index (Phi) is 13.0. The van der Waals surface area contributed by atoms with Crippen molar-refractivity contribution >= 4 is 39.3 Å². The number of hydrogen-bond donors (Lipinski definition) is 4. The van der Waals surface area contributed by atoms with Gasteiger partial charge in [0.15, 0.2) is 4.90 Å². The van der Waals surface area contributed by atoms with Crippen molar-refractivity contribution < 1.29 is 32.5 Å². The van der Waals surface area contributed by atoms with Crippen LogP contribution in [0.3, 0.4) is 0 Å². The minimum atomic E-state index is -4.77. The van der Waals surface area contributed by atoms with Gasteiger partial charge in [-0.25, -0.2) is 13.1 Å². The highest BCUT2D eigenvalue weighted by Crippen LogP contribution is 2.29. The molecule has 0 spiro atoms.